The monoisotopic (exact) mass is 406 g/mol. The molecule has 0 aliphatic carbocycles. The van der Waals surface area contributed by atoms with Crippen molar-refractivity contribution in [3.63, 3.8) is 0 Å². The molecule has 2 aromatic carbocycles. The number of benzene rings is 2. The lowest BCUT2D eigenvalue weighted by molar-refractivity contribution is 0.0987. The molecule has 144 valence electrons. The van der Waals surface area contributed by atoms with Crippen molar-refractivity contribution < 1.29 is 9.53 Å². The van der Waals surface area contributed by atoms with Crippen LogP contribution in [0.2, 0.25) is 10.0 Å². The van der Waals surface area contributed by atoms with Crippen molar-refractivity contribution in [3.8, 4) is 5.75 Å². The van der Waals surface area contributed by atoms with Crippen LogP contribution in [-0.4, -0.2) is 44.0 Å². The van der Waals surface area contributed by atoms with Crippen LogP contribution in [-0.2, 0) is 0 Å². The predicted molar refractivity (Wildman–Crippen MR) is 110 cm³/mol. The summed E-state index contributed by atoms with van der Waals surface area (Å²) in [7, 11) is 1.55. The lowest BCUT2D eigenvalue weighted by Crippen LogP contribution is -2.36. The summed E-state index contributed by atoms with van der Waals surface area (Å²) in [5.41, 5.74) is 1.68. The van der Waals surface area contributed by atoms with E-state index < -0.39 is 0 Å². The van der Waals surface area contributed by atoms with E-state index in [-0.39, 0.29) is 18.4 Å². The lowest BCUT2D eigenvalue weighted by Gasteiger charge is -2.29. The number of nitrogens with one attached hydrogen (secondary N) is 1. The fraction of sp³-hybridized carbons (Fsp3) is 0.381. The number of halogens is 2. The van der Waals surface area contributed by atoms with E-state index in [1.807, 2.05) is 18.2 Å². The quantitative estimate of drug-likeness (QED) is 0.649. The molecule has 1 atom stereocenters. The summed E-state index contributed by atoms with van der Waals surface area (Å²) >= 11 is 12.6. The SMILES string of the molecule is COc1ccc(C(=O)CNCC(c2ccccc2Cl)N2CCCC2)cc1Cl. The van der Waals surface area contributed by atoms with Crippen LogP contribution < -0.4 is 10.1 Å². The number of nitrogens with zero attached hydrogens (tertiary/aromatic N) is 1. The number of carbonyl (C=O) groups excluding carboxylic acids is 1. The summed E-state index contributed by atoms with van der Waals surface area (Å²) in [6.07, 6.45) is 2.40. The fourth-order valence-electron chi connectivity index (χ4n) is 3.50. The Balaban J connectivity index is 1.64. The zero-order chi connectivity index (χ0) is 19.2. The molecule has 1 unspecified atom stereocenters. The number of ether oxygens (including phenoxy) is 1. The van der Waals surface area contributed by atoms with Gasteiger partial charge in [0.05, 0.1) is 18.7 Å². The molecule has 6 heteroatoms. The van der Waals surface area contributed by atoms with Crippen LogP contribution in [0.3, 0.4) is 0 Å². The van der Waals surface area contributed by atoms with E-state index in [0.29, 0.717) is 22.9 Å². The lowest BCUT2D eigenvalue weighted by atomic mass is 10.0. The summed E-state index contributed by atoms with van der Waals surface area (Å²) in [4.78, 5) is 14.9. The number of hydrogen-bond acceptors (Lipinski definition) is 4. The molecule has 0 amide bonds. The van der Waals surface area contributed by atoms with E-state index in [0.717, 1.165) is 23.7 Å². The van der Waals surface area contributed by atoms with Crippen LogP contribution in [0.15, 0.2) is 42.5 Å². The van der Waals surface area contributed by atoms with Gasteiger partial charge >= 0.3 is 0 Å². The minimum absolute atomic E-state index is 0.00103. The Labute approximate surface area is 170 Å². The second-order valence-electron chi connectivity index (χ2n) is 6.68. The van der Waals surface area contributed by atoms with Gasteiger partial charge in [0.1, 0.15) is 5.75 Å². The van der Waals surface area contributed by atoms with Crippen LogP contribution in [0, 0.1) is 0 Å². The number of ketones is 1. The van der Waals surface area contributed by atoms with Crippen LogP contribution >= 0.6 is 23.2 Å². The maximum absolute atomic E-state index is 12.5. The first-order chi connectivity index (χ1) is 13.1. The molecule has 0 saturated carbocycles. The molecular weight excluding hydrogens is 383 g/mol. The summed E-state index contributed by atoms with van der Waals surface area (Å²) in [6.45, 7) is 3.02. The number of methoxy groups -OCH3 is 1. The predicted octanol–water partition coefficient (Wildman–Crippen LogP) is 4.61. The van der Waals surface area contributed by atoms with Crippen molar-refractivity contribution in [3.05, 3.63) is 63.6 Å². The Kier molecular flexibility index (Phi) is 7.13. The molecule has 27 heavy (non-hydrogen) atoms. The number of carbonyl (C=O) groups is 1. The third-order valence-corrected chi connectivity index (χ3v) is 5.58. The molecule has 1 aliphatic heterocycles. The third-order valence-electron chi connectivity index (χ3n) is 4.94. The minimum atomic E-state index is -0.00103. The maximum atomic E-state index is 12.5. The van der Waals surface area contributed by atoms with Gasteiger partial charge < -0.3 is 10.1 Å². The van der Waals surface area contributed by atoms with E-state index in [1.54, 1.807) is 25.3 Å². The molecule has 3 rings (SSSR count). The highest BCUT2D eigenvalue weighted by molar-refractivity contribution is 6.32. The molecule has 1 heterocycles. The minimum Gasteiger partial charge on any atom is -0.495 e. The van der Waals surface area contributed by atoms with Crippen molar-refractivity contribution in [2.45, 2.75) is 18.9 Å². The Morgan fingerprint density at radius 1 is 1.15 bits per heavy atom. The number of Topliss-reactive ketones (excluding diaryl/α,β-unsaturated/α-hetero) is 1. The van der Waals surface area contributed by atoms with Gasteiger partial charge in [0.2, 0.25) is 0 Å². The van der Waals surface area contributed by atoms with Crippen molar-refractivity contribution in [1.82, 2.24) is 10.2 Å². The van der Waals surface area contributed by atoms with Gasteiger partial charge in [-0.2, -0.15) is 0 Å². The second kappa shape index (κ2) is 9.56. The van der Waals surface area contributed by atoms with Gasteiger partial charge in [-0.3, -0.25) is 9.69 Å². The van der Waals surface area contributed by atoms with E-state index in [1.165, 1.54) is 12.8 Å². The Morgan fingerprint density at radius 3 is 2.56 bits per heavy atom. The highest BCUT2D eigenvalue weighted by Gasteiger charge is 2.25. The van der Waals surface area contributed by atoms with Crippen molar-refractivity contribution in [2.24, 2.45) is 0 Å². The zero-order valence-corrected chi connectivity index (χ0v) is 16.9. The maximum Gasteiger partial charge on any atom is 0.176 e. The largest absolute Gasteiger partial charge is 0.495 e. The number of hydrogen-bond donors (Lipinski definition) is 1. The molecule has 1 saturated heterocycles. The molecule has 1 fully saturated rings. The average Bonchev–Trinajstić information content (AvgIpc) is 3.20. The van der Waals surface area contributed by atoms with Crippen LogP contribution in [0.4, 0.5) is 0 Å². The number of rotatable bonds is 8. The Morgan fingerprint density at radius 2 is 1.89 bits per heavy atom. The van der Waals surface area contributed by atoms with E-state index in [4.69, 9.17) is 27.9 Å². The van der Waals surface area contributed by atoms with E-state index in [2.05, 4.69) is 16.3 Å². The van der Waals surface area contributed by atoms with Crippen molar-refractivity contribution in [2.75, 3.05) is 33.3 Å². The molecular formula is C21H24Cl2N2O2. The molecule has 0 spiro atoms. The molecule has 0 aromatic heterocycles. The molecule has 1 N–H and O–H groups in total. The summed E-state index contributed by atoms with van der Waals surface area (Å²) in [5, 5.41) is 4.52. The van der Waals surface area contributed by atoms with Crippen molar-refractivity contribution in [1.29, 1.82) is 0 Å². The Hall–Kier alpha value is -1.59. The van der Waals surface area contributed by atoms with Crippen molar-refractivity contribution >= 4 is 29.0 Å². The summed E-state index contributed by atoms with van der Waals surface area (Å²) in [6, 6.07) is 13.2. The molecule has 0 bridgehead atoms. The molecule has 4 nitrogen and oxygen atoms in total. The van der Waals surface area contributed by atoms with Gasteiger partial charge in [-0.15, -0.1) is 0 Å². The molecule has 0 radical (unpaired) electrons. The van der Waals surface area contributed by atoms with Crippen LogP contribution in [0.5, 0.6) is 5.75 Å². The number of likely N-dealkylation sites (tertiary alicyclic amines) is 1. The van der Waals surface area contributed by atoms with Gasteiger partial charge in [-0.25, -0.2) is 0 Å². The summed E-state index contributed by atoms with van der Waals surface area (Å²) in [5.74, 6) is 0.563. The Bertz CT molecular complexity index is 792. The fourth-order valence-corrected chi connectivity index (χ4v) is 4.02. The molecule has 1 aliphatic rings. The third kappa shape index (κ3) is 5.02. The topological polar surface area (TPSA) is 41.6 Å². The van der Waals surface area contributed by atoms with Crippen LogP contribution in [0.1, 0.15) is 34.8 Å². The van der Waals surface area contributed by atoms with Crippen LogP contribution in [0.25, 0.3) is 0 Å². The first-order valence-electron chi connectivity index (χ1n) is 9.16. The average molecular weight is 407 g/mol. The smallest absolute Gasteiger partial charge is 0.176 e. The highest BCUT2D eigenvalue weighted by atomic mass is 35.5. The van der Waals surface area contributed by atoms with Gasteiger partial charge in [-0.05, 0) is 55.8 Å². The first kappa shape index (κ1) is 20.2. The van der Waals surface area contributed by atoms with E-state index in [9.17, 15) is 4.79 Å². The van der Waals surface area contributed by atoms with Gasteiger partial charge in [0, 0.05) is 23.2 Å². The highest BCUT2D eigenvalue weighted by Crippen LogP contribution is 2.30. The van der Waals surface area contributed by atoms with Gasteiger partial charge in [-0.1, -0.05) is 41.4 Å². The van der Waals surface area contributed by atoms with Gasteiger partial charge in [0.25, 0.3) is 0 Å². The molecule has 2 aromatic rings. The van der Waals surface area contributed by atoms with E-state index >= 15 is 0 Å². The summed E-state index contributed by atoms with van der Waals surface area (Å²) < 4.78 is 5.13. The normalized spacial score (nSPS) is 15.7. The zero-order valence-electron chi connectivity index (χ0n) is 15.4. The first-order valence-corrected chi connectivity index (χ1v) is 9.91. The second-order valence-corrected chi connectivity index (χ2v) is 7.50. The standard InChI is InChI=1S/C21H24Cl2N2O2/c1-27-21-9-8-15(12-18(21)23)20(26)14-24-13-19(25-10-4-5-11-25)16-6-2-3-7-17(16)22/h2-3,6-9,12,19,24H,4-5,10-11,13-14H2,1H3. The van der Waals surface area contributed by atoms with Gasteiger partial charge in [0.15, 0.2) is 5.78 Å².